The van der Waals surface area contributed by atoms with Gasteiger partial charge in [-0.25, -0.2) is 0 Å². The van der Waals surface area contributed by atoms with E-state index in [9.17, 15) is 23.3 Å². The van der Waals surface area contributed by atoms with Gasteiger partial charge in [0.1, 0.15) is 6.10 Å². The van der Waals surface area contributed by atoms with Crippen molar-refractivity contribution in [1.29, 1.82) is 0 Å². The summed E-state index contributed by atoms with van der Waals surface area (Å²) in [5.41, 5.74) is -0.248. The Labute approximate surface area is 120 Å². The maximum Gasteiger partial charge on any atom is 0.297 e. The van der Waals surface area contributed by atoms with Crippen LogP contribution in [-0.4, -0.2) is 31.3 Å². The molecular formula is C12H11NO7S. The molecule has 0 saturated heterocycles. The van der Waals surface area contributed by atoms with E-state index in [2.05, 4.69) is 0 Å². The summed E-state index contributed by atoms with van der Waals surface area (Å²) in [5, 5.41) is 10.5. The molecular weight excluding hydrogens is 302 g/mol. The van der Waals surface area contributed by atoms with Crippen molar-refractivity contribution in [2.24, 2.45) is 0 Å². The first-order valence-electron chi connectivity index (χ1n) is 5.85. The molecule has 1 heterocycles. The molecule has 0 N–H and O–H groups in total. The van der Waals surface area contributed by atoms with Gasteiger partial charge in [0.05, 0.1) is 16.1 Å². The van der Waals surface area contributed by atoms with Crippen LogP contribution in [-0.2, 0) is 23.8 Å². The van der Waals surface area contributed by atoms with Gasteiger partial charge in [0.25, 0.3) is 15.8 Å². The normalized spacial score (nSPS) is 21.9. The van der Waals surface area contributed by atoms with E-state index in [1.807, 2.05) is 0 Å². The second kappa shape index (κ2) is 5.62. The van der Waals surface area contributed by atoms with E-state index in [4.69, 9.17) is 8.92 Å². The quantitative estimate of drug-likeness (QED) is 0.465. The summed E-state index contributed by atoms with van der Waals surface area (Å²) in [6, 6.07) is 4.17. The van der Waals surface area contributed by atoms with Crippen LogP contribution in [0.25, 0.3) is 0 Å². The van der Waals surface area contributed by atoms with E-state index in [1.54, 1.807) is 0 Å². The fourth-order valence-corrected chi connectivity index (χ4v) is 2.78. The number of nitrogens with zero attached hydrogens (tertiary/aromatic N) is 1. The smallest absolute Gasteiger partial charge is 0.297 e. The summed E-state index contributed by atoms with van der Waals surface area (Å²) in [6.07, 6.45) is 0.215. The number of benzene rings is 1. The molecule has 0 radical (unpaired) electrons. The Hall–Kier alpha value is -2.26. The molecule has 0 fully saturated rings. The molecule has 0 unspecified atom stereocenters. The zero-order valence-electron chi connectivity index (χ0n) is 10.8. The van der Waals surface area contributed by atoms with Crippen molar-refractivity contribution in [1.82, 2.24) is 0 Å². The predicted molar refractivity (Wildman–Crippen MR) is 69.8 cm³/mol. The number of ether oxygens (including phenoxy) is 1. The van der Waals surface area contributed by atoms with E-state index in [1.165, 1.54) is 13.2 Å². The van der Waals surface area contributed by atoms with Crippen LogP contribution < -0.4 is 0 Å². The number of non-ortho nitro benzene ring substituents is 1. The predicted octanol–water partition coefficient (Wildman–Crippen LogP) is 1.17. The Balaban J connectivity index is 2.24. The minimum Gasteiger partial charge on any atom is -0.495 e. The van der Waals surface area contributed by atoms with Crippen LogP contribution in [0.3, 0.4) is 0 Å². The number of nitro benzene ring substituents is 1. The van der Waals surface area contributed by atoms with Crippen LogP contribution in [0.15, 0.2) is 41.5 Å². The lowest BCUT2D eigenvalue weighted by Gasteiger charge is -2.24. The van der Waals surface area contributed by atoms with Gasteiger partial charge in [-0.05, 0) is 19.1 Å². The fourth-order valence-electron chi connectivity index (χ4n) is 1.68. The molecule has 2 atom stereocenters. The van der Waals surface area contributed by atoms with Crippen LogP contribution in [0.5, 0.6) is 0 Å². The van der Waals surface area contributed by atoms with Gasteiger partial charge in [-0.1, -0.05) is 0 Å². The first kappa shape index (κ1) is 15.1. The van der Waals surface area contributed by atoms with Crippen LogP contribution >= 0.6 is 0 Å². The monoisotopic (exact) mass is 313 g/mol. The Morgan fingerprint density at radius 1 is 1.29 bits per heavy atom. The molecule has 2 rings (SSSR count). The molecule has 8 nitrogen and oxygen atoms in total. The lowest BCUT2D eigenvalue weighted by Crippen LogP contribution is -2.39. The Morgan fingerprint density at radius 3 is 2.43 bits per heavy atom. The van der Waals surface area contributed by atoms with Crippen molar-refractivity contribution >= 4 is 21.6 Å². The van der Waals surface area contributed by atoms with Crippen LogP contribution in [0, 0.1) is 10.1 Å². The number of hydrogen-bond acceptors (Lipinski definition) is 7. The lowest BCUT2D eigenvalue weighted by molar-refractivity contribution is -0.384. The largest absolute Gasteiger partial charge is 0.495 e. The average molecular weight is 313 g/mol. The van der Waals surface area contributed by atoms with Gasteiger partial charge in [-0.15, -0.1) is 0 Å². The minimum absolute atomic E-state index is 0.248. The summed E-state index contributed by atoms with van der Waals surface area (Å²) in [7, 11) is -4.23. The third-order valence-electron chi connectivity index (χ3n) is 2.80. The molecule has 0 aliphatic carbocycles. The number of ketones is 1. The zero-order valence-corrected chi connectivity index (χ0v) is 11.6. The molecule has 1 aliphatic rings. The minimum atomic E-state index is -4.23. The highest BCUT2D eigenvalue weighted by atomic mass is 32.2. The first-order valence-corrected chi connectivity index (χ1v) is 7.26. The van der Waals surface area contributed by atoms with E-state index in [0.717, 1.165) is 30.3 Å². The molecule has 112 valence electrons. The third-order valence-corrected chi connectivity index (χ3v) is 4.11. The summed E-state index contributed by atoms with van der Waals surface area (Å²) >= 11 is 0. The molecule has 0 saturated carbocycles. The highest BCUT2D eigenvalue weighted by Crippen LogP contribution is 2.21. The lowest BCUT2D eigenvalue weighted by atomic mass is 10.1. The van der Waals surface area contributed by atoms with Gasteiger partial charge in [0.2, 0.25) is 0 Å². The van der Waals surface area contributed by atoms with Gasteiger partial charge in [0.15, 0.2) is 11.9 Å². The Bertz CT molecular complexity index is 693. The molecule has 9 heteroatoms. The Kier molecular flexibility index (Phi) is 4.05. The van der Waals surface area contributed by atoms with Crippen molar-refractivity contribution in [3.05, 3.63) is 46.7 Å². The number of nitro groups is 1. The number of hydrogen-bond donors (Lipinski definition) is 0. The SMILES string of the molecule is C[C@H]1OC=CC(=O)[C@@H]1OS(=O)(=O)c1ccc([N+](=O)[O-])cc1. The van der Waals surface area contributed by atoms with E-state index >= 15 is 0 Å². The van der Waals surface area contributed by atoms with Crippen LogP contribution in [0.2, 0.25) is 0 Å². The molecule has 1 aromatic carbocycles. The summed E-state index contributed by atoms with van der Waals surface area (Å²) < 4.78 is 34.0. The highest BCUT2D eigenvalue weighted by Gasteiger charge is 2.34. The van der Waals surface area contributed by atoms with Gasteiger partial charge < -0.3 is 4.74 Å². The fraction of sp³-hybridized carbons (Fsp3) is 0.250. The highest BCUT2D eigenvalue weighted by molar-refractivity contribution is 7.86. The van der Waals surface area contributed by atoms with Gasteiger partial charge in [0, 0.05) is 18.2 Å². The maximum atomic E-state index is 12.0. The molecule has 1 aliphatic heterocycles. The van der Waals surface area contributed by atoms with Crippen molar-refractivity contribution in [2.75, 3.05) is 0 Å². The molecule has 0 spiro atoms. The number of carbonyl (C=O) groups excluding carboxylic acids is 1. The summed E-state index contributed by atoms with van der Waals surface area (Å²) in [4.78, 5) is 21.2. The number of carbonyl (C=O) groups is 1. The maximum absolute atomic E-state index is 12.0. The zero-order chi connectivity index (χ0) is 15.6. The molecule has 0 amide bonds. The Morgan fingerprint density at radius 2 is 1.90 bits per heavy atom. The second-order valence-electron chi connectivity index (χ2n) is 4.27. The van der Waals surface area contributed by atoms with Crippen LogP contribution in [0.4, 0.5) is 5.69 Å². The van der Waals surface area contributed by atoms with Gasteiger partial charge in [-0.2, -0.15) is 8.42 Å². The third kappa shape index (κ3) is 3.26. The average Bonchev–Trinajstić information content (AvgIpc) is 2.43. The van der Waals surface area contributed by atoms with E-state index < -0.39 is 33.0 Å². The van der Waals surface area contributed by atoms with E-state index in [0.29, 0.717) is 0 Å². The number of rotatable bonds is 4. The van der Waals surface area contributed by atoms with Crippen molar-refractivity contribution in [2.45, 2.75) is 24.0 Å². The van der Waals surface area contributed by atoms with Gasteiger partial charge in [-0.3, -0.25) is 19.1 Å². The van der Waals surface area contributed by atoms with Crippen LogP contribution in [0.1, 0.15) is 6.92 Å². The van der Waals surface area contributed by atoms with E-state index in [-0.39, 0.29) is 10.6 Å². The molecule has 0 aromatic heterocycles. The second-order valence-corrected chi connectivity index (χ2v) is 5.84. The first-order chi connectivity index (χ1) is 9.81. The standard InChI is InChI=1S/C12H11NO7S/c1-8-12(11(14)6-7-19-8)20-21(17,18)10-4-2-9(3-5-10)13(15)16/h2-8,12H,1H3/t8-,12-/m1/s1. The van der Waals surface area contributed by atoms with Crippen molar-refractivity contribution < 1.29 is 27.1 Å². The molecule has 0 bridgehead atoms. The van der Waals surface area contributed by atoms with Gasteiger partial charge >= 0.3 is 0 Å². The molecule has 1 aromatic rings. The van der Waals surface area contributed by atoms with Crippen molar-refractivity contribution in [3.8, 4) is 0 Å². The topological polar surface area (TPSA) is 113 Å². The van der Waals surface area contributed by atoms with Crippen molar-refractivity contribution in [3.63, 3.8) is 0 Å². The summed E-state index contributed by atoms with van der Waals surface area (Å²) in [6.45, 7) is 1.50. The molecule has 21 heavy (non-hydrogen) atoms. The summed E-state index contributed by atoms with van der Waals surface area (Å²) in [5.74, 6) is -0.528.